The largest absolute Gasteiger partial charge is 0.481 e. The summed E-state index contributed by atoms with van der Waals surface area (Å²) >= 11 is 1.13. The first kappa shape index (κ1) is 15.9. The molecule has 11 heteroatoms. The molecule has 2 aromatic heterocycles. The molecular weight excluding hydrogens is 326 g/mol. The van der Waals surface area contributed by atoms with Gasteiger partial charge in [0.05, 0.1) is 12.7 Å². The Balaban J connectivity index is 1.80. The summed E-state index contributed by atoms with van der Waals surface area (Å²) in [5.41, 5.74) is 5.72. The number of imidazole rings is 1. The topological polar surface area (TPSA) is 157 Å². The molecule has 3 rings (SSSR count). The zero-order valence-corrected chi connectivity index (χ0v) is 12.6. The number of fused-ring (bicyclic) bond motifs is 1. The van der Waals surface area contributed by atoms with Gasteiger partial charge in [0, 0.05) is 5.75 Å². The number of hydrogen-bond acceptors (Lipinski definition) is 9. The van der Waals surface area contributed by atoms with Crippen LogP contribution in [-0.4, -0.2) is 64.2 Å². The van der Waals surface area contributed by atoms with Gasteiger partial charge in [0.1, 0.15) is 29.5 Å². The molecule has 1 fully saturated rings. The Morgan fingerprint density at radius 3 is 2.87 bits per heavy atom. The van der Waals surface area contributed by atoms with Crippen molar-refractivity contribution in [1.29, 1.82) is 0 Å². The third-order valence-corrected chi connectivity index (χ3v) is 4.61. The molecule has 0 spiro atoms. The number of aliphatic hydroxyl groups excluding tert-OH is 2. The molecular formula is C12H15N5O5S. The first-order valence-electron chi connectivity index (χ1n) is 6.77. The predicted octanol–water partition coefficient (Wildman–Crippen LogP) is -0.807. The first-order chi connectivity index (χ1) is 11.0. The van der Waals surface area contributed by atoms with E-state index in [1.54, 1.807) is 0 Å². The molecule has 0 amide bonds. The molecule has 0 bridgehead atoms. The van der Waals surface area contributed by atoms with E-state index in [0.717, 1.165) is 11.8 Å². The van der Waals surface area contributed by atoms with Gasteiger partial charge in [-0.1, -0.05) is 0 Å². The number of aliphatic hydroxyl groups is 2. The Kier molecular flexibility index (Phi) is 4.35. The summed E-state index contributed by atoms with van der Waals surface area (Å²) in [4.78, 5) is 22.5. The Morgan fingerprint density at radius 1 is 1.35 bits per heavy atom. The molecule has 0 saturated carbocycles. The standard InChI is InChI=1S/C12H15N5O5S/c13-9-6-10(15-3-14-9)17(4-16-6)11-7(20)8(21)12(22-11)23-2-1-5(18)19/h3-4,7-8,11-12,20-21H,1-2H2,(H,18,19)(H2,13,14,15)/t7-,8+,11-,12-/m1/s1. The van der Waals surface area contributed by atoms with Crippen molar-refractivity contribution >= 4 is 34.7 Å². The zero-order chi connectivity index (χ0) is 16.6. The number of nitrogen functional groups attached to an aromatic ring is 1. The number of nitrogens with zero attached hydrogens (tertiary/aromatic N) is 4. The number of aromatic nitrogens is 4. The summed E-state index contributed by atoms with van der Waals surface area (Å²) in [5.74, 6) is -0.472. The normalized spacial score (nSPS) is 27.6. The molecule has 2 aromatic rings. The third kappa shape index (κ3) is 2.95. The number of nitrogens with two attached hydrogens (primary N) is 1. The molecule has 0 aromatic carbocycles. The van der Waals surface area contributed by atoms with Crippen LogP contribution in [0.25, 0.3) is 11.2 Å². The van der Waals surface area contributed by atoms with Gasteiger partial charge in [-0.2, -0.15) is 0 Å². The van der Waals surface area contributed by atoms with E-state index in [4.69, 9.17) is 15.6 Å². The molecule has 3 heterocycles. The fourth-order valence-electron chi connectivity index (χ4n) is 2.31. The molecule has 5 N–H and O–H groups in total. The van der Waals surface area contributed by atoms with Crippen LogP contribution in [0.15, 0.2) is 12.7 Å². The Labute approximate surface area is 134 Å². The monoisotopic (exact) mass is 341 g/mol. The molecule has 0 unspecified atom stereocenters. The van der Waals surface area contributed by atoms with Crippen molar-refractivity contribution in [3.8, 4) is 0 Å². The number of hydrogen-bond donors (Lipinski definition) is 4. The van der Waals surface area contributed by atoms with Crippen molar-refractivity contribution in [2.45, 2.75) is 30.3 Å². The van der Waals surface area contributed by atoms with Crippen LogP contribution < -0.4 is 5.73 Å². The Morgan fingerprint density at radius 2 is 2.13 bits per heavy atom. The molecule has 1 aliphatic rings. The van der Waals surface area contributed by atoms with E-state index in [1.165, 1.54) is 17.2 Å². The lowest BCUT2D eigenvalue weighted by Crippen LogP contribution is -2.30. The summed E-state index contributed by atoms with van der Waals surface area (Å²) < 4.78 is 7.12. The van der Waals surface area contributed by atoms with Crippen LogP contribution in [0.3, 0.4) is 0 Å². The fourth-order valence-corrected chi connectivity index (χ4v) is 3.39. The summed E-state index contributed by atoms with van der Waals surface area (Å²) in [6.07, 6.45) is -0.642. The van der Waals surface area contributed by atoms with E-state index < -0.39 is 29.8 Å². The number of aliphatic carboxylic acids is 1. The van der Waals surface area contributed by atoms with Crippen molar-refractivity contribution in [3.63, 3.8) is 0 Å². The Hall–Kier alpha value is -1.95. The fraction of sp³-hybridized carbons (Fsp3) is 0.500. The zero-order valence-electron chi connectivity index (χ0n) is 11.8. The summed E-state index contributed by atoms with van der Waals surface area (Å²) in [5, 5.41) is 28.9. The predicted molar refractivity (Wildman–Crippen MR) is 80.4 cm³/mol. The van der Waals surface area contributed by atoms with E-state index in [9.17, 15) is 15.0 Å². The van der Waals surface area contributed by atoms with Gasteiger partial charge in [0.2, 0.25) is 0 Å². The van der Waals surface area contributed by atoms with Gasteiger partial charge >= 0.3 is 5.97 Å². The minimum atomic E-state index is -1.20. The van der Waals surface area contributed by atoms with Gasteiger partial charge in [-0.05, 0) is 0 Å². The maximum Gasteiger partial charge on any atom is 0.304 e. The SMILES string of the molecule is Nc1ncnc2c1ncn2[C@@H]1O[C@H](SCCC(=O)O)[C@@H](O)[C@H]1O. The lowest BCUT2D eigenvalue weighted by molar-refractivity contribution is -0.136. The van der Waals surface area contributed by atoms with Gasteiger partial charge in [-0.15, -0.1) is 11.8 Å². The molecule has 0 aliphatic carbocycles. The van der Waals surface area contributed by atoms with Crippen molar-refractivity contribution in [2.24, 2.45) is 0 Å². The number of carbonyl (C=O) groups is 1. The van der Waals surface area contributed by atoms with Crippen molar-refractivity contribution in [2.75, 3.05) is 11.5 Å². The summed E-state index contributed by atoms with van der Waals surface area (Å²) in [6.45, 7) is 0. The first-order valence-corrected chi connectivity index (χ1v) is 7.82. The molecule has 1 saturated heterocycles. The highest BCUT2D eigenvalue weighted by atomic mass is 32.2. The molecule has 4 atom stereocenters. The third-order valence-electron chi connectivity index (χ3n) is 3.45. The van der Waals surface area contributed by atoms with E-state index in [0.29, 0.717) is 11.2 Å². The second-order valence-electron chi connectivity index (χ2n) is 4.97. The van der Waals surface area contributed by atoms with Gasteiger partial charge in [-0.25, -0.2) is 15.0 Å². The smallest absolute Gasteiger partial charge is 0.304 e. The van der Waals surface area contributed by atoms with Crippen molar-refractivity contribution < 1.29 is 24.9 Å². The summed E-state index contributed by atoms with van der Waals surface area (Å²) in [6, 6.07) is 0. The highest BCUT2D eigenvalue weighted by Crippen LogP contribution is 2.36. The Bertz CT molecular complexity index is 725. The highest BCUT2D eigenvalue weighted by molar-refractivity contribution is 7.99. The van der Waals surface area contributed by atoms with E-state index >= 15 is 0 Å². The minimum Gasteiger partial charge on any atom is -0.481 e. The number of rotatable bonds is 5. The molecule has 10 nitrogen and oxygen atoms in total. The molecule has 1 aliphatic heterocycles. The second kappa shape index (κ2) is 6.28. The van der Waals surface area contributed by atoms with E-state index in [1.807, 2.05) is 0 Å². The van der Waals surface area contributed by atoms with E-state index in [-0.39, 0.29) is 18.0 Å². The number of carboxylic acid groups (broad SMARTS) is 1. The summed E-state index contributed by atoms with van der Waals surface area (Å²) in [7, 11) is 0. The van der Waals surface area contributed by atoms with Crippen LogP contribution in [0.5, 0.6) is 0 Å². The van der Waals surface area contributed by atoms with Gasteiger partial charge in [0.25, 0.3) is 0 Å². The van der Waals surface area contributed by atoms with Gasteiger partial charge in [0.15, 0.2) is 17.7 Å². The lowest BCUT2D eigenvalue weighted by atomic mass is 10.2. The van der Waals surface area contributed by atoms with Crippen LogP contribution in [-0.2, 0) is 9.53 Å². The van der Waals surface area contributed by atoms with Gasteiger partial charge < -0.3 is 25.8 Å². The highest BCUT2D eigenvalue weighted by Gasteiger charge is 2.44. The van der Waals surface area contributed by atoms with Crippen LogP contribution >= 0.6 is 11.8 Å². The van der Waals surface area contributed by atoms with Crippen LogP contribution in [0.4, 0.5) is 5.82 Å². The average molecular weight is 341 g/mol. The average Bonchev–Trinajstić information content (AvgIpc) is 3.04. The van der Waals surface area contributed by atoms with Crippen LogP contribution in [0.2, 0.25) is 0 Å². The van der Waals surface area contributed by atoms with Crippen LogP contribution in [0, 0.1) is 0 Å². The van der Waals surface area contributed by atoms with Crippen LogP contribution in [0.1, 0.15) is 12.6 Å². The van der Waals surface area contributed by atoms with E-state index in [2.05, 4.69) is 15.0 Å². The molecule has 124 valence electrons. The minimum absolute atomic E-state index is 0.0597. The number of thioether (sulfide) groups is 1. The molecule has 0 radical (unpaired) electrons. The van der Waals surface area contributed by atoms with Crippen molar-refractivity contribution in [3.05, 3.63) is 12.7 Å². The van der Waals surface area contributed by atoms with Crippen molar-refractivity contribution in [1.82, 2.24) is 19.5 Å². The number of carboxylic acids is 1. The maximum atomic E-state index is 10.5. The quantitative estimate of drug-likeness (QED) is 0.542. The molecule has 23 heavy (non-hydrogen) atoms. The number of anilines is 1. The number of ether oxygens (including phenoxy) is 1. The lowest BCUT2D eigenvalue weighted by Gasteiger charge is -2.16. The second-order valence-corrected chi connectivity index (χ2v) is 6.18. The maximum absolute atomic E-state index is 10.5. The van der Waals surface area contributed by atoms with Gasteiger partial charge in [-0.3, -0.25) is 9.36 Å².